The van der Waals surface area contributed by atoms with Gasteiger partial charge in [0, 0.05) is 19.2 Å². The van der Waals surface area contributed by atoms with Gasteiger partial charge in [-0.05, 0) is 6.07 Å². The van der Waals surface area contributed by atoms with Crippen LogP contribution in [0, 0.1) is 10.1 Å². The van der Waals surface area contributed by atoms with Gasteiger partial charge in [0.15, 0.2) is 6.54 Å². The van der Waals surface area contributed by atoms with Gasteiger partial charge in [0.2, 0.25) is 0 Å². The summed E-state index contributed by atoms with van der Waals surface area (Å²) >= 11 is 0. The summed E-state index contributed by atoms with van der Waals surface area (Å²) in [5.41, 5.74) is -0.0511. The number of nitrogens with one attached hydrogen (secondary N) is 1. The van der Waals surface area contributed by atoms with Gasteiger partial charge in [-0.2, -0.15) is 0 Å². The number of morpholine rings is 1. The van der Waals surface area contributed by atoms with Crippen LogP contribution >= 0.6 is 0 Å². The molecule has 1 aliphatic heterocycles. The predicted molar refractivity (Wildman–Crippen MR) is 70.3 cm³/mol. The molecule has 0 spiro atoms. The van der Waals surface area contributed by atoms with Crippen LogP contribution in [-0.4, -0.2) is 55.6 Å². The summed E-state index contributed by atoms with van der Waals surface area (Å²) in [5, 5.41) is 11.0. The van der Waals surface area contributed by atoms with Crippen LogP contribution in [-0.2, 0) is 9.53 Å². The number of aromatic nitrogens is 1. The van der Waals surface area contributed by atoms with Crippen LogP contribution in [0.2, 0.25) is 0 Å². The van der Waals surface area contributed by atoms with Crippen LogP contribution in [0.4, 0.5) is 11.5 Å². The van der Waals surface area contributed by atoms with Crippen molar-refractivity contribution in [2.45, 2.75) is 0 Å². The summed E-state index contributed by atoms with van der Waals surface area (Å²) in [6, 6.07) is 2.96. The van der Waals surface area contributed by atoms with Crippen molar-refractivity contribution in [1.29, 1.82) is 0 Å². The molecule has 1 amide bonds. The molecule has 2 heterocycles. The SMILES string of the molecule is CN(CC(=O)N1CCOCC1)c1[nH+]cccc1[N+](=O)[O-]. The van der Waals surface area contributed by atoms with E-state index >= 15 is 0 Å². The molecule has 8 nitrogen and oxygen atoms in total. The third-order valence-electron chi connectivity index (χ3n) is 3.13. The van der Waals surface area contributed by atoms with Gasteiger partial charge in [-0.25, -0.2) is 9.88 Å². The average molecular weight is 281 g/mol. The molecule has 1 aliphatic rings. The van der Waals surface area contributed by atoms with E-state index in [4.69, 9.17) is 4.74 Å². The Morgan fingerprint density at radius 1 is 1.55 bits per heavy atom. The lowest BCUT2D eigenvalue weighted by atomic mass is 10.3. The molecule has 0 aromatic carbocycles. The van der Waals surface area contributed by atoms with Crippen LogP contribution in [0.15, 0.2) is 18.3 Å². The third kappa shape index (κ3) is 3.21. The van der Waals surface area contributed by atoms with Crippen LogP contribution in [0.25, 0.3) is 0 Å². The van der Waals surface area contributed by atoms with Gasteiger partial charge in [-0.1, -0.05) is 0 Å². The molecule has 0 radical (unpaired) electrons. The molecule has 0 saturated carbocycles. The number of hydrogen-bond acceptors (Lipinski definition) is 5. The van der Waals surface area contributed by atoms with Gasteiger partial charge in [-0.3, -0.25) is 14.9 Å². The second kappa shape index (κ2) is 6.29. The van der Waals surface area contributed by atoms with Gasteiger partial charge in [0.05, 0.1) is 31.4 Å². The summed E-state index contributed by atoms with van der Waals surface area (Å²) in [5.74, 6) is 0.251. The Hall–Kier alpha value is -2.22. The van der Waals surface area contributed by atoms with E-state index in [0.29, 0.717) is 32.1 Å². The normalized spacial score (nSPS) is 14.9. The van der Waals surface area contributed by atoms with Crippen molar-refractivity contribution in [2.24, 2.45) is 0 Å². The molecule has 0 atom stereocenters. The zero-order chi connectivity index (χ0) is 14.5. The number of nitrogens with zero attached hydrogens (tertiary/aromatic N) is 3. The summed E-state index contributed by atoms with van der Waals surface area (Å²) in [6.07, 6.45) is 1.60. The van der Waals surface area contributed by atoms with E-state index in [1.807, 2.05) is 0 Å². The number of hydrogen-bond donors (Lipinski definition) is 0. The van der Waals surface area contributed by atoms with Crippen molar-refractivity contribution < 1.29 is 19.4 Å². The number of H-pyrrole nitrogens is 1. The number of aromatic amines is 1. The number of ether oxygens (including phenoxy) is 1. The molecule has 2 rings (SSSR count). The molecule has 108 valence electrons. The maximum absolute atomic E-state index is 12.1. The monoisotopic (exact) mass is 281 g/mol. The molecule has 20 heavy (non-hydrogen) atoms. The van der Waals surface area contributed by atoms with E-state index in [0.717, 1.165) is 0 Å². The minimum absolute atomic E-state index is 0.0511. The lowest BCUT2D eigenvalue weighted by Gasteiger charge is -2.27. The predicted octanol–water partition coefficient (Wildman–Crippen LogP) is -0.296. The molecule has 1 aromatic rings. The molecular formula is C12H17N4O4+. The quantitative estimate of drug-likeness (QED) is 0.558. The van der Waals surface area contributed by atoms with Crippen molar-refractivity contribution >= 4 is 17.4 Å². The second-order valence-electron chi connectivity index (χ2n) is 4.51. The first-order valence-corrected chi connectivity index (χ1v) is 6.31. The number of rotatable bonds is 4. The lowest BCUT2D eigenvalue weighted by molar-refractivity contribution is -0.411. The van der Waals surface area contributed by atoms with Crippen molar-refractivity contribution in [3.8, 4) is 0 Å². The number of pyridine rings is 1. The first-order chi connectivity index (χ1) is 9.59. The number of anilines is 1. The third-order valence-corrected chi connectivity index (χ3v) is 3.13. The van der Waals surface area contributed by atoms with Crippen LogP contribution in [0.3, 0.4) is 0 Å². The Labute approximate surface area is 116 Å². The Bertz CT molecular complexity index is 502. The zero-order valence-electron chi connectivity index (χ0n) is 11.2. The summed E-state index contributed by atoms with van der Waals surface area (Å²) < 4.78 is 5.19. The van der Waals surface area contributed by atoms with Gasteiger partial charge in [0.1, 0.15) is 0 Å². The fourth-order valence-corrected chi connectivity index (χ4v) is 2.07. The second-order valence-corrected chi connectivity index (χ2v) is 4.51. The minimum atomic E-state index is -0.471. The van der Waals surface area contributed by atoms with E-state index in [1.54, 1.807) is 29.1 Å². The molecule has 8 heteroatoms. The Morgan fingerprint density at radius 2 is 2.25 bits per heavy atom. The number of amides is 1. The molecule has 1 saturated heterocycles. The number of carbonyl (C=O) groups is 1. The largest absolute Gasteiger partial charge is 0.378 e. The van der Waals surface area contributed by atoms with Gasteiger partial charge < -0.3 is 9.64 Å². The smallest absolute Gasteiger partial charge is 0.357 e. The molecule has 0 aliphatic carbocycles. The number of nitro groups is 1. The van der Waals surface area contributed by atoms with E-state index in [2.05, 4.69) is 4.98 Å². The molecule has 0 bridgehead atoms. The highest BCUT2D eigenvalue weighted by Gasteiger charge is 2.28. The van der Waals surface area contributed by atoms with E-state index in [1.165, 1.54) is 6.07 Å². The van der Waals surface area contributed by atoms with Gasteiger partial charge >= 0.3 is 11.5 Å². The van der Waals surface area contributed by atoms with Gasteiger partial charge in [0.25, 0.3) is 5.91 Å². The fourth-order valence-electron chi connectivity index (χ4n) is 2.07. The Balaban J connectivity index is 2.06. The number of likely N-dealkylation sites (N-methyl/N-ethyl adjacent to an activating group) is 1. The lowest BCUT2D eigenvalue weighted by Crippen LogP contribution is -2.45. The minimum Gasteiger partial charge on any atom is -0.378 e. The molecule has 1 N–H and O–H groups in total. The van der Waals surface area contributed by atoms with E-state index in [9.17, 15) is 14.9 Å². The maximum atomic E-state index is 12.1. The zero-order valence-corrected chi connectivity index (χ0v) is 11.2. The first-order valence-electron chi connectivity index (χ1n) is 6.31. The van der Waals surface area contributed by atoms with E-state index in [-0.39, 0.29) is 18.1 Å². The summed E-state index contributed by atoms with van der Waals surface area (Å²) in [4.78, 5) is 28.7. The van der Waals surface area contributed by atoms with Crippen molar-refractivity contribution in [3.63, 3.8) is 0 Å². The van der Waals surface area contributed by atoms with Crippen LogP contribution < -0.4 is 9.88 Å². The first kappa shape index (κ1) is 14.2. The molecule has 1 fully saturated rings. The topological polar surface area (TPSA) is 90.1 Å². The standard InChI is InChI=1S/C12H16N4O4/c1-14(9-11(17)15-5-7-20-8-6-15)12-10(16(18)19)3-2-4-13-12/h2-4H,5-9H2,1H3/p+1. The van der Waals surface area contributed by atoms with Crippen LogP contribution in [0.5, 0.6) is 0 Å². The summed E-state index contributed by atoms with van der Waals surface area (Å²) in [6.45, 7) is 2.28. The van der Waals surface area contributed by atoms with E-state index < -0.39 is 4.92 Å². The Morgan fingerprint density at radius 3 is 2.90 bits per heavy atom. The van der Waals surface area contributed by atoms with Gasteiger partial charge in [-0.15, -0.1) is 0 Å². The average Bonchev–Trinajstić information content (AvgIpc) is 2.48. The maximum Gasteiger partial charge on any atom is 0.357 e. The van der Waals surface area contributed by atoms with Crippen molar-refractivity contribution in [3.05, 3.63) is 28.4 Å². The highest BCUT2D eigenvalue weighted by molar-refractivity contribution is 5.81. The highest BCUT2D eigenvalue weighted by Crippen LogP contribution is 2.20. The Kier molecular flexibility index (Phi) is 4.46. The molecule has 0 unspecified atom stereocenters. The molecule has 1 aromatic heterocycles. The van der Waals surface area contributed by atoms with Crippen LogP contribution in [0.1, 0.15) is 0 Å². The fraction of sp³-hybridized carbons (Fsp3) is 0.500. The summed E-state index contributed by atoms with van der Waals surface area (Å²) in [7, 11) is 1.65. The van der Waals surface area contributed by atoms with Crippen molar-refractivity contribution in [2.75, 3.05) is 44.8 Å². The highest BCUT2D eigenvalue weighted by atomic mass is 16.6. The number of carbonyl (C=O) groups excluding carboxylic acids is 1. The van der Waals surface area contributed by atoms with Crippen molar-refractivity contribution in [1.82, 2.24) is 4.90 Å². The molecular weight excluding hydrogens is 264 g/mol.